The van der Waals surface area contributed by atoms with E-state index < -0.39 is 0 Å². The zero-order valence-electron chi connectivity index (χ0n) is 15.8. The number of nitrogens with one attached hydrogen (secondary N) is 1. The van der Waals surface area contributed by atoms with E-state index in [0.29, 0.717) is 11.4 Å². The number of imidazole rings is 1. The fraction of sp³-hybridized carbons (Fsp3) is 0.333. The number of nitrogens with zero attached hydrogens (tertiary/aromatic N) is 2. The lowest BCUT2D eigenvalue weighted by Gasteiger charge is -2.21. The summed E-state index contributed by atoms with van der Waals surface area (Å²) in [6.45, 7) is 4.05. The summed E-state index contributed by atoms with van der Waals surface area (Å²) in [6, 6.07) is 11.6. The number of aromatic nitrogens is 2. The number of carbonyl (C=O) groups is 1. The van der Waals surface area contributed by atoms with Crippen LogP contribution in [0.2, 0.25) is 5.02 Å². The number of methoxy groups -OCH3 is 1. The number of carbonyl (C=O) groups excluding carboxylic acids is 1. The van der Waals surface area contributed by atoms with Crippen LogP contribution in [0.1, 0.15) is 43.9 Å². The van der Waals surface area contributed by atoms with E-state index in [-0.39, 0.29) is 17.9 Å². The van der Waals surface area contributed by atoms with Crippen LogP contribution in [-0.4, -0.2) is 28.4 Å². The second kappa shape index (κ2) is 8.44. The molecule has 2 aromatic heterocycles. The van der Waals surface area contributed by atoms with Crippen LogP contribution >= 0.6 is 11.6 Å². The lowest BCUT2D eigenvalue weighted by atomic mass is 9.91. The fourth-order valence-corrected chi connectivity index (χ4v) is 3.34. The van der Waals surface area contributed by atoms with Crippen molar-refractivity contribution in [1.82, 2.24) is 14.7 Å². The molecule has 0 saturated heterocycles. The molecule has 0 bridgehead atoms. The Kier molecular flexibility index (Phi) is 6.01. The Bertz CT molecular complexity index is 938. The molecule has 1 aromatic carbocycles. The number of hydrogen-bond donors (Lipinski definition) is 1. The molecule has 0 fully saturated rings. The monoisotopic (exact) mass is 385 g/mol. The van der Waals surface area contributed by atoms with E-state index in [1.54, 1.807) is 19.4 Å². The van der Waals surface area contributed by atoms with E-state index in [2.05, 4.69) is 17.2 Å². The molecule has 0 aliphatic carbocycles. The second-order valence-electron chi connectivity index (χ2n) is 6.63. The van der Waals surface area contributed by atoms with Gasteiger partial charge in [-0.3, -0.25) is 4.79 Å². The minimum atomic E-state index is -0.210. The summed E-state index contributed by atoms with van der Waals surface area (Å²) in [7, 11) is 1.64. The average Bonchev–Trinajstić information content (AvgIpc) is 3.08. The summed E-state index contributed by atoms with van der Waals surface area (Å²) in [4.78, 5) is 17.2. The van der Waals surface area contributed by atoms with Gasteiger partial charge >= 0.3 is 0 Å². The molecule has 1 amide bonds. The molecule has 6 heteroatoms. The Morgan fingerprint density at radius 3 is 2.81 bits per heavy atom. The van der Waals surface area contributed by atoms with Crippen LogP contribution < -0.4 is 10.1 Å². The van der Waals surface area contributed by atoms with Crippen molar-refractivity contribution in [2.24, 2.45) is 0 Å². The number of pyridine rings is 1. The Labute approximate surface area is 164 Å². The first kappa shape index (κ1) is 19.2. The maximum Gasteiger partial charge on any atom is 0.221 e. The first-order valence-corrected chi connectivity index (χ1v) is 9.46. The molecule has 5 nitrogen and oxygen atoms in total. The van der Waals surface area contributed by atoms with Crippen molar-refractivity contribution in [3.05, 3.63) is 65.1 Å². The zero-order chi connectivity index (χ0) is 19.4. The summed E-state index contributed by atoms with van der Waals surface area (Å²) >= 11 is 6.20. The van der Waals surface area contributed by atoms with Gasteiger partial charge in [-0.05, 0) is 31.5 Å². The SMILES string of the molecule is CCC(C)NC(=O)CC(c1ccccc1OC)c1cnc2ccc(Cl)cn12. The Balaban J connectivity index is 2.06. The summed E-state index contributed by atoms with van der Waals surface area (Å²) in [5.74, 6) is 0.534. The minimum Gasteiger partial charge on any atom is -0.496 e. The molecule has 0 radical (unpaired) electrons. The smallest absolute Gasteiger partial charge is 0.221 e. The highest BCUT2D eigenvalue weighted by Crippen LogP contribution is 2.35. The molecular weight excluding hydrogens is 362 g/mol. The third-order valence-electron chi connectivity index (χ3n) is 4.78. The molecule has 3 rings (SSSR count). The van der Waals surface area contributed by atoms with E-state index in [1.807, 2.05) is 47.9 Å². The van der Waals surface area contributed by atoms with Crippen LogP contribution in [0.4, 0.5) is 0 Å². The Hall–Kier alpha value is -2.53. The molecule has 1 N–H and O–H groups in total. The van der Waals surface area contributed by atoms with Gasteiger partial charge in [0.05, 0.1) is 17.8 Å². The number of fused-ring (bicyclic) bond motifs is 1. The lowest BCUT2D eigenvalue weighted by Crippen LogP contribution is -2.33. The topological polar surface area (TPSA) is 55.6 Å². The zero-order valence-corrected chi connectivity index (χ0v) is 16.5. The fourth-order valence-electron chi connectivity index (χ4n) is 3.18. The molecule has 0 aliphatic rings. The summed E-state index contributed by atoms with van der Waals surface area (Å²) in [6.07, 6.45) is 4.81. The van der Waals surface area contributed by atoms with Crippen molar-refractivity contribution < 1.29 is 9.53 Å². The molecule has 2 unspecified atom stereocenters. The van der Waals surface area contributed by atoms with Crippen LogP contribution in [-0.2, 0) is 4.79 Å². The molecule has 2 heterocycles. The largest absolute Gasteiger partial charge is 0.496 e. The van der Waals surface area contributed by atoms with Gasteiger partial charge in [-0.2, -0.15) is 0 Å². The van der Waals surface area contributed by atoms with Crippen molar-refractivity contribution in [2.75, 3.05) is 7.11 Å². The van der Waals surface area contributed by atoms with Crippen LogP contribution in [0.15, 0.2) is 48.8 Å². The van der Waals surface area contributed by atoms with Crippen molar-refractivity contribution in [3.8, 4) is 5.75 Å². The Morgan fingerprint density at radius 1 is 1.30 bits per heavy atom. The van der Waals surface area contributed by atoms with Crippen LogP contribution in [0.3, 0.4) is 0 Å². The van der Waals surface area contributed by atoms with Crippen LogP contribution in [0.5, 0.6) is 5.75 Å². The van der Waals surface area contributed by atoms with Crippen LogP contribution in [0.25, 0.3) is 5.65 Å². The van der Waals surface area contributed by atoms with Gasteiger partial charge in [0, 0.05) is 36.3 Å². The van der Waals surface area contributed by atoms with Crippen LogP contribution in [0, 0.1) is 0 Å². The highest BCUT2D eigenvalue weighted by Gasteiger charge is 2.25. The highest BCUT2D eigenvalue weighted by atomic mass is 35.5. The third kappa shape index (κ3) is 4.25. The summed E-state index contributed by atoms with van der Waals surface area (Å²) in [5, 5.41) is 3.67. The van der Waals surface area contributed by atoms with E-state index in [4.69, 9.17) is 16.3 Å². The number of halogens is 1. The van der Waals surface area contributed by atoms with E-state index in [9.17, 15) is 4.79 Å². The standard InChI is InChI=1S/C21H24ClN3O2/c1-4-14(2)24-21(26)11-17(16-7-5-6-8-19(16)27-3)18-12-23-20-10-9-15(22)13-25(18)20/h5-10,12-14,17H,4,11H2,1-3H3,(H,24,26). The summed E-state index contributed by atoms with van der Waals surface area (Å²) < 4.78 is 7.50. The van der Waals surface area contributed by atoms with Gasteiger partial charge in [-0.25, -0.2) is 4.98 Å². The quantitative estimate of drug-likeness (QED) is 0.654. The summed E-state index contributed by atoms with van der Waals surface area (Å²) in [5.41, 5.74) is 2.63. The molecule has 142 valence electrons. The third-order valence-corrected chi connectivity index (χ3v) is 5.00. The van der Waals surface area contributed by atoms with Gasteiger partial charge in [-0.15, -0.1) is 0 Å². The molecule has 27 heavy (non-hydrogen) atoms. The number of benzene rings is 1. The normalized spacial score (nSPS) is 13.3. The van der Waals surface area contributed by atoms with Gasteiger partial charge in [0.1, 0.15) is 11.4 Å². The lowest BCUT2D eigenvalue weighted by molar-refractivity contribution is -0.121. The van der Waals surface area contributed by atoms with E-state index in [1.165, 1.54) is 0 Å². The van der Waals surface area contributed by atoms with Gasteiger partial charge in [0.15, 0.2) is 0 Å². The number of amides is 1. The van der Waals surface area contributed by atoms with E-state index in [0.717, 1.165) is 29.1 Å². The predicted molar refractivity (Wildman–Crippen MR) is 108 cm³/mol. The van der Waals surface area contributed by atoms with Crippen molar-refractivity contribution in [2.45, 2.75) is 38.6 Å². The molecule has 0 spiro atoms. The first-order valence-electron chi connectivity index (χ1n) is 9.08. The van der Waals surface area contributed by atoms with Crippen molar-refractivity contribution in [3.63, 3.8) is 0 Å². The second-order valence-corrected chi connectivity index (χ2v) is 7.07. The molecule has 2 atom stereocenters. The van der Waals surface area contributed by atoms with Crippen molar-refractivity contribution in [1.29, 1.82) is 0 Å². The molecule has 0 aliphatic heterocycles. The first-order chi connectivity index (χ1) is 13.0. The predicted octanol–water partition coefficient (Wildman–Crippen LogP) is 4.43. The molecular formula is C21H24ClN3O2. The van der Waals surface area contributed by atoms with Crippen molar-refractivity contribution >= 4 is 23.2 Å². The number of hydrogen-bond acceptors (Lipinski definition) is 3. The number of para-hydroxylation sites is 1. The van der Waals surface area contributed by atoms with E-state index >= 15 is 0 Å². The van der Waals surface area contributed by atoms with Gasteiger partial charge in [-0.1, -0.05) is 36.7 Å². The highest BCUT2D eigenvalue weighted by molar-refractivity contribution is 6.30. The van der Waals surface area contributed by atoms with Gasteiger partial charge < -0.3 is 14.5 Å². The molecule has 3 aromatic rings. The number of rotatable bonds is 7. The maximum atomic E-state index is 12.7. The number of ether oxygens (including phenoxy) is 1. The van der Waals surface area contributed by atoms with Gasteiger partial charge in [0.2, 0.25) is 5.91 Å². The Morgan fingerprint density at radius 2 is 2.07 bits per heavy atom. The average molecular weight is 386 g/mol. The van der Waals surface area contributed by atoms with Gasteiger partial charge in [0.25, 0.3) is 0 Å². The maximum absolute atomic E-state index is 12.7. The minimum absolute atomic E-state index is 0.00256. The molecule has 0 saturated carbocycles.